The van der Waals surface area contributed by atoms with E-state index in [1.807, 2.05) is 0 Å². The van der Waals surface area contributed by atoms with Crippen molar-refractivity contribution in [1.29, 1.82) is 0 Å². The van der Waals surface area contributed by atoms with Gasteiger partial charge < -0.3 is 19.8 Å². The highest BCUT2D eigenvalue weighted by atomic mass is 32.1. The molecule has 1 aliphatic carbocycles. The van der Waals surface area contributed by atoms with Crippen LogP contribution in [0.2, 0.25) is 0 Å². The van der Waals surface area contributed by atoms with E-state index in [1.165, 1.54) is 11.3 Å². The fourth-order valence-electron chi connectivity index (χ4n) is 2.97. The van der Waals surface area contributed by atoms with Gasteiger partial charge in [0.1, 0.15) is 10.7 Å². The number of thiophene rings is 1. The summed E-state index contributed by atoms with van der Waals surface area (Å²) in [5, 5.41) is 3.18. The van der Waals surface area contributed by atoms with Crippen molar-refractivity contribution in [2.75, 3.05) is 11.9 Å². The number of carbonyl (C=O) groups is 3. The Morgan fingerprint density at radius 1 is 1.22 bits per heavy atom. The highest BCUT2D eigenvalue weighted by Gasteiger charge is 2.28. The van der Waals surface area contributed by atoms with Gasteiger partial charge in [0.25, 0.3) is 5.91 Å². The zero-order valence-corrected chi connectivity index (χ0v) is 16.1. The maximum absolute atomic E-state index is 12.6. The maximum atomic E-state index is 12.6. The second-order valence-electron chi connectivity index (χ2n) is 6.58. The molecule has 7 nitrogen and oxygen atoms in total. The average Bonchev–Trinajstić information content (AvgIpc) is 3.26. The number of ether oxygens (including phenoxy) is 2. The third-order valence-corrected chi connectivity index (χ3v) is 5.33. The summed E-state index contributed by atoms with van der Waals surface area (Å²) in [6.45, 7) is 3.14. The van der Waals surface area contributed by atoms with Crippen molar-refractivity contribution in [3.8, 4) is 0 Å². The molecule has 3 rings (SSSR count). The Morgan fingerprint density at radius 2 is 2.00 bits per heavy atom. The first-order valence-corrected chi connectivity index (χ1v) is 9.73. The fraction of sp³-hybridized carbons (Fsp3) is 0.421. The Labute approximate surface area is 161 Å². The highest BCUT2D eigenvalue weighted by Crippen LogP contribution is 2.38. The second kappa shape index (κ2) is 8.39. The minimum Gasteiger partial charge on any atom is -0.459 e. The van der Waals surface area contributed by atoms with Crippen LogP contribution in [0.25, 0.3) is 0 Å². The minimum absolute atomic E-state index is 0.248. The second-order valence-corrected chi connectivity index (χ2v) is 7.68. The van der Waals surface area contributed by atoms with E-state index in [9.17, 15) is 14.4 Å². The van der Waals surface area contributed by atoms with Crippen LogP contribution in [0, 0.1) is 0 Å². The molecule has 0 aromatic carbocycles. The molecular formula is C19H22N2O5S. The number of anilines is 1. The minimum atomic E-state index is -0.611. The Morgan fingerprint density at radius 3 is 2.70 bits per heavy atom. The zero-order valence-electron chi connectivity index (χ0n) is 15.3. The number of aromatic nitrogens is 1. The van der Waals surface area contributed by atoms with Crippen LogP contribution in [-0.2, 0) is 27.1 Å². The van der Waals surface area contributed by atoms with Crippen LogP contribution >= 0.6 is 11.3 Å². The van der Waals surface area contributed by atoms with Gasteiger partial charge >= 0.3 is 11.9 Å². The standard InChI is InChI=1S/C19H22N2O5S/c1-11(2)26-19(24)16-12-6-3-4-8-14(12)27-17(16)21-15(22)10-25-18(23)13-7-5-9-20-13/h5,7,9,11,20H,3-4,6,8,10H2,1-2H3,(H,21,22). The van der Waals surface area contributed by atoms with Crippen LogP contribution in [0.3, 0.4) is 0 Å². The van der Waals surface area contributed by atoms with Gasteiger partial charge in [-0.2, -0.15) is 0 Å². The van der Waals surface area contributed by atoms with Crippen molar-refractivity contribution in [2.24, 2.45) is 0 Å². The van der Waals surface area contributed by atoms with Crippen LogP contribution < -0.4 is 5.32 Å². The molecule has 0 unspecified atom stereocenters. The largest absolute Gasteiger partial charge is 0.459 e. The molecule has 0 fully saturated rings. The third kappa shape index (κ3) is 4.57. The molecule has 2 heterocycles. The Bertz CT molecular complexity index is 839. The third-order valence-electron chi connectivity index (χ3n) is 4.12. The SMILES string of the molecule is CC(C)OC(=O)c1c(NC(=O)COC(=O)c2ccc[nH]2)sc2c1CCCC2. The number of rotatable bonds is 6. The van der Waals surface area contributed by atoms with Crippen molar-refractivity contribution in [1.82, 2.24) is 4.98 Å². The predicted molar refractivity (Wildman–Crippen MR) is 101 cm³/mol. The van der Waals surface area contributed by atoms with Crippen LogP contribution in [-0.4, -0.2) is 35.5 Å². The van der Waals surface area contributed by atoms with Gasteiger partial charge in [0.2, 0.25) is 0 Å². The van der Waals surface area contributed by atoms with Crippen LogP contribution in [0.4, 0.5) is 5.00 Å². The molecule has 0 saturated heterocycles. The highest BCUT2D eigenvalue weighted by molar-refractivity contribution is 7.17. The number of amides is 1. The van der Waals surface area contributed by atoms with Crippen molar-refractivity contribution in [2.45, 2.75) is 45.6 Å². The summed E-state index contributed by atoms with van der Waals surface area (Å²) in [6, 6.07) is 3.23. The van der Waals surface area contributed by atoms with Gasteiger partial charge in [-0.15, -0.1) is 11.3 Å². The maximum Gasteiger partial charge on any atom is 0.355 e. The van der Waals surface area contributed by atoms with Gasteiger partial charge in [-0.3, -0.25) is 4.79 Å². The van der Waals surface area contributed by atoms with Crippen molar-refractivity contribution < 1.29 is 23.9 Å². The van der Waals surface area contributed by atoms with Crippen LogP contribution in [0.15, 0.2) is 18.3 Å². The van der Waals surface area contributed by atoms with Crippen molar-refractivity contribution >= 4 is 34.2 Å². The number of fused-ring (bicyclic) bond motifs is 1. The number of carbonyl (C=O) groups excluding carboxylic acids is 3. The van der Waals surface area contributed by atoms with E-state index in [-0.39, 0.29) is 11.8 Å². The summed E-state index contributed by atoms with van der Waals surface area (Å²) in [7, 11) is 0. The van der Waals surface area contributed by atoms with E-state index in [0.717, 1.165) is 36.1 Å². The molecule has 0 bridgehead atoms. The molecule has 0 saturated carbocycles. The molecule has 0 spiro atoms. The Balaban J connectivity index is 1.71. The number of H-pyrrole nitrogens is 1. The number of esters is 2. The van der Waals surface area contributed by atoms with E-state index in [0.29, 0.717) is 10.6 Å². The number of hydrogen-bond acceptors (Lipinski definition) is 6. The first-order chi connectivity index (χ1) is 13.0. The summed E-state index contributed by atoms with van der Waals surface area (Å²) in [5.41, 5.74) is 1.68. The quantitative estimate of drug-likeness (QED) is 0.738. The number of nitrogens with one attached hydrogen (secondary N) is 2. The molecule has 144 valence electrons. The van der Waals surface area contributed by atoms with Crippen molar-refractivity contribution in [3.05, 3.63) is 40.0 Å². The van der Waals surface area contributed by atoms with Crippen molar-refractivity contribution in [3.63, 3.8) is 0 Å². The van der Waals surface area contributed by atoms with E-state index in [2.05, 4.69) is 10.3 Å². The number of aromatic amines is 1. The van der Waals surface area contributed by atoms with E-state index in [1.54, 1.807) is 32.2 Å². The van der Waals surface area contributed by atoms with Gasteiger partial charge in [0.05, 0.1) is 11.7 Å². The molecule has 0 radical (unpaired) electrons. The molecule has 1 aliphatic rings. The smallest absolute Gasteiger partial charge is 0.355 e. The lowest BCUT2D eigenvalue weighted by molar-refractivity contribution is -0.119. The lowest BCUT2D eigenvalue weighted by Gasteiger charge is -2.14. The van der Waals surface area contributed by atoms with Crippen LogP contribution in [0.1, 0.15) is 58.0 Å². The molecular weight excluding hydrogens is 368 g/mol. The Kier molecular flexibility index (Phi) is 5.95. The predicted octanol–water partition coefficient (Wildman–Crippen LogP) is 3.32. The number of hydrogen-bond donors (Lipinski definition) is 2. The monoisotopic (exact) mass is 390 g/mol. The molecule has 0 aliphatic heterocycles. The summed E-state index contributed by atoms with van der Waals surface area (Å²) in [6.07, 6.45) is 5.10. The molecule has 27 heavy (non-hydrogen) atoms. The van der Waals surface area contributed by atoms with Gasteiger partial charge in [-0.1, -0.05) is 0 Å². The fourth-order valence-corrected chi connectivity index (χ4v) is 4.27. The first-order valence-electron chi connectivity index (χ1n) is 8.91. The van der Waals surface area contributed by atoms with Gasteiger partial charge in [-0.05, 0) is 57.2 Å². The lowest BCUT2D eigenvalue weighted by atomic mass is 9.95. The first kappa shape index (κ1) is 19.2. The van der Waals surface area contributed by atoms with E-state index < -0.39 is 24.5 Å². The van der Waals surface area contributed by atoms with E-state index in [4.69, 9.17) is 9.47 Å². The molecule has 8 heteroatoms. The summed E-state index contributed by atoms with van der Waals surface area (Å²) < 4.78 is 10.4. The van der Waals surface area contributed by atoms with Crippen LogP contribution in [0.5, 0.6) is 0 Å². The topological polar surface area (TPSA) is 97.5 Å². The van der Waals surface area contributed by atoms with Gasteiger partial charge in [0, 0.05) is 11.1 Å². The van der Waals surface area contributed by atoms with Gasteiger partial charge in [0.15, 0.2) is 6.61 Å². The van der Waals surface area contributed by atoms with Gasteiger partial charge in [-0.25, -0.2) is 9.59 Å². The summed E-state index contributed by atoms with van der Waals surface area (Å²) in [5.74, 6) is -1.53. The normalized spacial score (nSPS) is 13.1. The summed E-state index contributed by atoms with van der Waals surface area (Å²) in [4.78, 5) is 40.4. The zero-order chi connectivity index (χ0) is 19.4. The number of aryl methyl sites for hydroxylation is 1. The molecule has 2 aromatic rings. The molecule has 0 atom stereocenters. The molecule has 1 amide bonds. The molecule has 2 N–H and O–H groups in total. The summed E-state index contributed by atoms with van der Waals surface area (Å²) >= 11 is 1.40. The molecule has 2 aromatic heterocycles. The van der Waals surface area contributed by atoms with E-state index >= 15 is 0 Å². The lowest BCUT2D eigenvalue weighted by Crippen LogP contribution is -2.22. The Hall–Kier alpha value is -2.61. The average molecular weight is 390 g/mol.